The summed E-state index contributed by atoms with van der Waals surface area (Å²) >= 11 is 3.36. The van der Waals surface area contributed by atoms with Crippen molar-refractivity contribution in [1.82, 2.24) is 10.1 Å². The smallest absolute Gasteiger partial charge is 0.260 e. The largest absolute Gasteiger partial charge is 0.398 e. The molecule has 1 aliphatic rings. The van der Waals surface area contributed by atoms with Crippen molar-refractivity contribution in [3.8, 4) is 11.5 Å². The predicted octanol–water partition coefficient (Wildman–Crippen LogP) is 1.98. The molecule has 0 spiro atoms. The van der Waals surface area contributed by atoms with E-state index in [0.717, 1.165) is 4.47 Å². The van der Waals surface area contributed by atoms with Gasteiger partial charge in [0.1, 0.15) is 0 Å². The van der Waals surface area contributed by atoms with Crippen LogP contribution in [0.3, 0.4) is 0 Å². The highest BCUT2D eigenvalue weighted by molar-refractivity contribution is 9.10. The van der Waals surface area contributed by atoms with Crippen LogP contribution in [0, 0.1) is 0 Å². The summed E-state index contributed by atoms with van der Waals surface area (Å²) in [6.45, 7) is 0. The second-order valence-electron chi connectivity index (χ2n) is 4.79. The third-order valence-corrected chi connectivity index (χ3v) is 5.55. The molecule has 20 heavy (non-hydrogen) atoms. The van der Waals surface area contributed by atoms with Gasteiger partial charge in [0.05, 0.1) is 17.1 Å². The highest BCUT2D eigenvalue weighted by Crippen LogP contribution is 2.31. The summed E-state index contributed by atoms with van der Waals surface area (Å²) in [5, 5.41) is 3.89. The highest BCUT2D eigenvalue weighted by Gasteiger charge is 2.32. The quantitative estimate of drug-likeness (QED) is 0.825. The summed E-state index contributed by atoms with van der Waals surface area (Å²) in [5.74, 6) is 0.815. The molecule has 8 heteroatoms. The number of benzene rings is 1. The lowest BCUT2D eigenvalue weighted by Gasteiger charge is -2.01. The van der Waals surface area contributed by atoms with Gasteiger partial charge in [-0.3, -0.25) is 0 Å². The van der Waals surface area contributed by atoms with Crippen LogP contribution in [0.2, 0.25) is 0 Å². The first-order valence-corrected chi connectivity index (χ1v) is 8.65. The van der Waals surface area contributed by atoms with Crippen molar-refractivity contribution in [2.24, 2.45) is 0 Å². The summed E-state index contributed by atoms with van der Waals surface area (Å²) in [6, 6.07) is 5.35. The average molecular weight is 358 g/mol. The van der Waals surface area contributed by atoms with Gasteiger partial charge in [-0.05, 0) is 24.6 Å². The van der Waals surface area contributed by atoms with E-state index < -0.39 is 9.84 Å². The van der Waals surface area contributed by atoms with Crippen LogP contribution in [-0.4, -0.2) is 30.1 Å². The zero-order valence-electron chi connectivity index (χ0n) is 10.4. The fourth-order valence-corrected chi connectivity index (χ4v) is 4.32. The summed E-state index contributed by atoms with van der Waals surface area (Å²) in [4.78, 5) is 4.29. The number of nitrogens with two attached hydrogens (primary N) is 1. The molecular formula is C12H12BrN3O3S. The molecule has 0 amide bonds. The Morgan fingerprint density at radius 3 is 2.90 bits per heavy atom. The molecule has 0 aliphatic carbocycles. The number of hydrogen-bond donors (Lipinski definition) is 1. The van der Waals surface area contributed by atoms with Crippen molar-refractivity contribution in [3.05, 3.63) is 28.5 Å². The maximum Gasteiger partial charge on any atom is 0.260 e. The van der Waals surface area contributed by atoms with Crippen LogP contribution >= 0.6 is 15.9 Å². The highest BCUT2D eigenvalue weighted by atomic mass is 79.9. The van der Waals surface area contributed by atoms with Crippen molar-refractivity contribution in [2.45, 2.75) is 12.3 Å². The molecule has 0 saturated carbocycles. The van der Waals surface area contributed by atoms with Crippen LogP contribution in [-0.2, 0) is 9.84 Å². The predicted molar refractivity (Wildman–Crippen MR) is 77.9 cm³/mol. The van der Waals surface area contributed by atoms with Gasteiger partial charge >= 0.3 is 0 Å². The maximum atomic E-state index is 11.5. The Balaban J connectivity index is 1.93. The minimum absolute atomic E-state index is 0.0833. The van der Waals surface area contributed by atoms with Crippen LogP contribution in [0.15, 0.2) is 27.2 Å². The SMILES string of the molecule is Nc1ccc(Br)cc1-c1nc(C2CCS(=O)(=O)C2)no1. The number of rotatable bonds is 2. The van der Waals surface area contributed by atoms with Crippen LogP contribution in [0.5, 0.6) is 0 Å². The van der Waals surface area contributed by atoms with E-state index in [2.05, 4.69) is 26.1 Å². The monoisotopic (exact) mass is 357 g/mol. The second kappa shape index (κ2) is 4.85. The molecule has 0 radical (unpaired) electrons. The maximum absolute atomic E-state index is 11.5. The molecule has 2 heterocycles. The molecule has 1 aromatic carbocycles. The van der Waals surface area contributed by atoms with E-state index in [1.165, 1.54) is 0 Å². The molecule has 1 unspecified atom stereocenters. The fourth-order valence-electron chi connectivity index (χ4n) is 2.22. The molecule has 1 fully saturated rings. The third-order valence-electron chi connectivity index (χ3n) is 3.29. The van der Waals surface area contributed by atoms with E-state index in [1.54, 1.807) is 12.1 Å². The Hall–Kier alpha value is -1.41. The summed E-state index contributed by atoms with van der Waals surface area (Å²) < 4.78 is 29.0. The minimum atomic E-state index is -2.97. The number of nitrogen functional groups attached to an aromatic ring is 1. The van der Waals surface area contributed by atoms with Gasteiger partial charge in [-0.2, -0.15) is 4.98 Å². The Kier molecular flexibility index (Phi) is 3.29. The Labute approximate surface area is 124 Å². The van der Waals surface area contributed by atoms with Crippen molar-refractivity contribution in [2.75, 3.05) is 17.2 Å². The standard InChI is InChI=1S/C12H12BrN3O3S/c13-8-1-2-10(14)9(5-8)12-15-11(16-19-12)7-3-4-20(17,18)6-7/h1-2,5,7H,3-4,6,14H2. The van der Waals surface area contributed by atoms with Gasteiger partial charge < -0.3 is 10.3 Å². The van der Waals surface area contributed by atoms with E-state index >= 15 is 0 Å². The lowest BCUT2D eigenvalue weighted by molar-refractivity contribution is 0.418. The number of aromatic nitrogens is 2. The molecule has 1 aromatic heterocycles. The number of sulfone groups is 1. The first-order valence-electron chi connectivity index (χ1n) is 6.04. The molecule has 0 bridgehead atoms. The van der Waals surface area contributed by atoms with E-state index in [-0.39, 0.29) is 17.4 Å². The van der Waals surface area contributed by atoms with Crippen LogP contribution in [0.1, 0.15) is 18.2 Å². The lowest BCUT2D eigenvalue weighted by Crippen LogP contribution is -2.05. The van der Waals surface area contributed by atoms with E-state index in [9.17, 15) is 8.42 Å². The first-order chi connectivity index (χ1) is 9.44. The summed E-state index contributed by atoms with van der Waals surface area (Å²) in [6.07, 6.45) is 0.537. The zero-order chi connectivity index (χ0) is 14.3. The summed E-state index contributed by atoms with van der Waals surface area (Å²) in [5.41, 5.74) is 7.05. The van der Waals surface area contributed by atoms with Gasteiger partial charge in [-0.1, -0.05) is 21.1 Å². The molecule has 2 N–H and O–H groups in total. The van der Waals surface area contributed by atoms with Crippen molar-refractivity contribution in [1.29, 1.82) is 0 Å². The van der Waals surface area contributed by atoms with Crippen molar-refractivity contribution < 1.29 is 12.9 Å². The minimum Gasteiger partial charge on any atom is -0.398 e. The van der Waals surface area contributed by atoms with Crippen molar-refractivity contribution in [3.63, 3.8) is 0 Å². The topological polar surface area (TPSA) is 99.1 Å². The first kappa shape index (κ1) is 13.6. The van der Waals surface area contributed by atoms with Gasteiger partial charge in [0.2, 0.25) is 0 Å². The van der Waals surface area contributed by atoms with E-state index in [4.69, 9.17) is 10.3 Å². The third kappa shape index (κ3) is 2.57. The van der Waals surface area contributed by atoms with E-state index in [0.29, 0.717) is 29.4 Å². The molecular weight excluding hydrogens is 346 g/mol. The lowest BCUT2D eigenvalue weighted by atomic mass is 10.1. The normalized spacial score (nSPS) is 21.1. The van der Waals surface area contributed by atoms with Gasteiger partial charge in [0.25, 0.3) is 5.89 Å². The fraction of sp³-hybridized carbons (Fsp3) is 0.333. The van der Waals surface area contributed by atoms with Gasteiger partial charge in [0, 0.05) is 16.1 Å². The van der Waals surface area contributed by atoms with Gasteiger partial charge in [-0.25, -0.2) is 8.42 Å². The number of nitrogens with zero attached hydrogens (tertiary/aromatic N) is 2. The van der Waals surface area contributed by atoms with Crippen LogP contribution in [0.4, 0.5) is 5.69 Å². The van der Waals surface area contributed by atoms with Crippen LogP contribution in [0.25, 0.3) is 11.5 Å². The van der Waals surface area contributed by atoms with E-state index in [1.807, 2.05) is 6.07 Å². The Bertz CT molecular complexity index is 757. The zero-order valence-corrected chi connectivity index (χ0v) is 12.8. The van der Waals surface area contributed by atoms with Crippen LogP contribution < -0.4 is 5.73 Å². The second-order valence-corrected chi connectivity index (χ2v) is 7.93. The average Bonchev–Trinajstić information content (AvgIpc) is 2.98. The number of hydrogen-bond acceptors (Lipinski definition) is 6. The number of anilines is 1. The Morgan fingerprint density at radius 2 is 2.20 bits per heavy atom. The molecule has 1 atom stereocenters. The summed E-state index contributed by atoms with van der Waals surface area (Å²) in [7, 11) is -2.97. The molecule has 6 nitrogen and oxygen atoms in total. The molecule has 3 rings (SSSR count). The molecule has 106 valence electrons. The van der Waals surface area contributed by atoms with Crippen molar-refractivity contribution >= 4 is 31.5 Å². The van der Waals surface area contributed by atoms with Gasteiger partial charge in [0.15, 0.2) is 15.7 Å². The molecule has 1 aliphatic heterocycles. The molecule has 2 aromatic rings. The Morgan fingerprint density at radius 1 is 1.40 bits per heavy atom. The molecule has 1 saturated heterocycles. The van der Waals surface area contributed by atoms with Gasteiger partial charge in [-0.15, -0.1) is 0 Å². The number of halogens is 1.